The summed E-state index contributed by atoms with van der Waals surface area (Å²) >= 11 is 0. The van der Waals surface area contributed by atoms with Crippen LogP contribution < -0.4 is 5.46 Å². The van der Waals surface area contributed by atoms with Gasteiger partial charge in [-0.25, -0.2) is 4.98 Å². The number of fused-ring (bicyclic) bond motifs is 1. The van der Waals surface area contributed by atoms with Crippen LogP contribution in [-0.2, 0) is 9.31 Å². The molecule has 1 saturated heterocycles. The summed E-state index contributed by atoms with van der Waals surface area (Å²) in [7, 11) is -0.350. The van der Waals surface area contributed by atoms with E-state index in [2.05, 4.69) is 123 Å². The van der Waals surface area contributed by atoms with Crippen LogP contribution in [0.3, 0.4) is 0 Å². The van der Waals surface area contributed by atoms with E-state index in [1.165, 1.54) is 0 Å². The van der Waals surface area contributed by atoms with E-state index >= 15 is 0 Å². The molecule has 4 aromatic carbocycles. The molecule has 0 atom stereocenters. The van der Waals surface area contributed by atoms with Crippen molar-refractivity contribution in [1.29, 1.82) is 0 Å². The molecule has 36 heavy (non-hydrogen) atoms. The summed E-state index contributed by atoms with van der Waals surface area (Å²) in [5.74, 6) is 0.941. The average molecular weight is 472 g/mol. The molecule has 2 heterocycles. The molecule has 0 unspecified atom stereocenters. The number of nitrogens with zero attached hydrogens (tertiary/aromatic N) is 2. The Morgan fingerprint density at radius 2 is 1.17 bits per heavy atom. The maximum atomic E-state index is 6.20. The monoisotopic (exact) mass is 472 g/mol. The number of benzene rings is 4. The summed E-state index contributed by atoms with van der Waals surface area (Å²) in [4.78, 5) is 4.95. The second-order valence-electron chi connectivity index (χ2n) is 10.4. The van der Waals surface area contributed by atoms with E-state index in [-0.39, 0.29) is 18.3 Å². The zero-order valence-electron chi connectivity index (χ0n) is 21.1. The minimum atomic E-state index is -0.350. The Balaban J connectivity index is 1.31. The first-order chi connectivity index (χ1) is 17.3. The Kier molecular flexibility index (Phi) is 5.36. The van der Waals surface area contributed by atoms with E-state index in [0.717, 1.165) is 44.7 Å². The average Bonchev–Trinajstić information content (AvgIpc) is 3.38. The molecule has 0 N–H and O–H groups in total. The highest BCUT2D eigenvalue weighted by molar-refractivity contribution is 6.62. The minimum absolute atomic E-state index is 0.345. The Bertz CT molecular complexity index is 1510. The predicted octanol–water partition coefficient (Wildman–Crippen LogP) is 6.66. The SMILES string of the molecule is CC1(C)OB(c2ccc(-c3ccc(-n4c(-c5ccccc5)nc5ccccc54)cc3)cc2)OC1(C)C. The van der Waals surface area contributed by atoms with Crippen LogP contribution in [0.4, 0.5) is 0 Å². The van der Waals surface area contributed by atoms with Gasteiger partial charge in [0, 0.05) is 11.3 Å². The fourth-order valence-electron chi connectivity index (χ4n) is 4.68. The zero-order chi connectivity index (χ0) is 24.9. The molecule has 0 amide bonds. The number of para-hydroxylation sites is 2. The van der Waals surface area contributed by atoms with Gasteiger partial charge in [0.2, 0.25) is 0 Å². The van der Waals surface area contributed by atoms with Crippen LogP contribution in [-0.4, -0.2) is 27.9 Å². The Morgan fingerprint density at radius 1 is 0.611 bits per heavy atom. The molecule has 4 nitrogen and oxygen atoms in total. The van der Waals surface area contributed by atoms with Gasteiger partial charge in [0.25, 0.3) is 0 Å². The molecule has 5 heteroatoms. The van der Waals surface area contributed by atoms with Gasteiger partial charge in [-0.3, -0.25) is 4.57 Å². The normalized spacial score (nSPS) is 16.5. The standard InChI is InChI=1S/C31H29BN2O2/c1-30(2)31(3,4)36-32(35-30)25-18-14-22(15-19-25)23-16-20-26(21-17-23)34-28-13-9-8-12-27(28)33-29(34)24-10-6-5-7-11-24/h5-21H,1-4H3. The summed E-state index contributed by atoms with van der Waals surface area (Å²) < 4.78 is 14.6. The summed E-state index contributed by atoms with van der Waals surface area (Å²) in [5, 5.41) is 0. The molecular weight excluding hydrogens is 443 g/mol. The van der Waals surface area contributed by atoms with Crippen LogP contribution in [0.15, 0.2) is 103 Å². The van der Waals surface area contributed by atoms with Gasteiger partial charge in [0.05, 0.1) is 22.2 Å². The van der Waals surface area contributed by atoms with Gasteiger partial charge in [0.15, 0.2) is 0 Å². The zero-order valence-corrected chi connectivity index (χ0v) is 21.1. The molecule has 0 radical (unpaired) electrons. The third-order valence-electron chi connectivity index (χ3n) is 7.49. The molecule has 1 fully saturated rings. The molecule has 178 valence electrons. The van der Waals surface area contributed by atoms with E-state index in [4.69, 9.17) is 14.3 Å². The van der Waals surface area contributed by atoms with Crippen molar-refractivity contribution < 1.29 is 9.31 Å². The van der Waals surface area contributed by atoms with Crippen LogP contribution in [0.2, 0.25) is 0 Å². The molecule has 1 aromatic heterocycles. The number of imidazole rings is 1. The van der Waals surface area contributed by atoms with Crippen LogP contribution in [0.5, 0.6) is 0 Å². The van der Waals surface area contributed by atoms with E-state index < -0.39 is 0 Å². The number of aromatic nitrogens is 2. The van der Waals surface area contributed by atoms with Gasteiger partial charge in [-0.1, -0.05) is 78.9 Å². The van der Waals surface area contributed by atoms with Gasteiger partial charge in [-0.15, -0.1) is 0 Å². The second-order valence-corrected chi connectivity index (χ2v) is 10.4. The quantitative estimate of drug-likeness (QED) is 0.275. The summed E-state index contributed by atoms with van der Waals surface area (Å²) in [6, 6.07) is 35.8. The maximum Gasteiger partial charge on any atom is 0.494 e. The minimum Gasteiger partial charge on any atom is -0.399 e. The van der Waals surface area contributed by atoms with Gasteiger partial charge >= 0.3 is 7.12 Å². The number of hydrogen-bond donors (Lipinski definition) is 0. The fourth-order valence-corrected chi connectivity index (χ4v) is 4.68. The van der Waals surface area contributed by atoms with Gasteiger partial charge < -0.3 is 9.31 Å². The summed E-state index contributed by atoms with van der Waals surface area (Å²) in [5.41, 5.74) is 6.91. The van der Waals surface area contributed by atoms with Gasteiger partial charge in [-0.05, 0) is 68.6 Å². The molecule has 0 saturated carbocycles. The van der Waals surface area contributed by atoms with Crippen molar-refractivity contribution in [3.05, 3.63) is 103 Å². The van der Waals surface area contributed by atoms with E-state index in [1.54, 1.807) is 0 Å². The van der Waals surface area contributed by atoms with Crippen molar-refractivity contribution in [3.63, 3.8) is 0 Å². The van der Waals surface area contributed by atoms with Gasteiger partial charge in [0.1, 0.15) is 5.82 Å². The number of rotatable bonds is 4. The molecule has 0 bridgehead atoms. The fraction of sp³-hybridized carbons (Fsp3) is 0.194. The summed E-state index contributed by atoms with van der Waals surface area (Å²) in [6.45, 7) is 8.32. The lowest BCUT2D eigenvalue weighted by molar-refractivity contribution is 0.00578. The number of hydrogen-bond acceptors (Lipinski definition) is 3. The molecule has 0 aliphatic carbocycles. The van der Waals surface area contributed by atoms with Crippen molar-refractivity contribution in [2.75, 3.05) is 0 Å². The van der Waals surface area contributed by atoms with Crippen LogP contribution >= 0.6 is 0 Å². The largest absolute Gasteiger partial charge is 0.494 e. The van der Waals surface area contributed by atoms with E-state index in [9.17, 15) is 0 Å². The lowest BCUT2D eigenvalue weighted by atomic mass is 9.78. The maximum absolute atomic E-state index is 6.20. The van der Waals surface area contributed by atoms with Crippen LogP contribution in [0, 0.1) is 0 Å². The Hall–Kier alpha value is -3.67. The third-order valence-corrected chi connectivity index (χ3v) is 7.49. The smallest absolute Gasteiger partial charge is 0.399 e. The lowest BCUT2D eigenvalue weighted by Crippen LogP contribution is -2.41. The van der Waals surface area contributed by atoms with Crippen molar-refractivity contribution in [2.45, 2.75) is 38.9 Å². The van der Waals surface area contributed by atoms with Gasteiger partial charge in [-0.2, -0.15) is 0 Å². The molecule has 1 aliphatic rings. The molecule has 5 aromatic rings. The Labute approximate surface area is 212 Å². The van der Waals surface area contributed by atoms with Crippen molar-refractivity contribution in [2.24, 2.45) is 0 Å². The predicted molar refractivity (Wildman–Crippen MR) is 148 cm³/mol. The van der Waals surface area contributed by atoms with Crippen molar-refractivity contribution in [1.82, 2.24) is 9.55 Å². The van der Waals surface area contributed by atoms with Crippen molar-refractivity contribution >= 4 is 23.6 Å². The molecule has 1 aliphatic heterocycles. The first kappa shape index (κ1) is 22.8. The molecule has 0 spiro atoms. The highest BCUT2D eigenvalue weighted by Gasteiger charge is 2.51. The van der Waals surface area contributed by atoms with Crippen LogP contribution in [0.25, 0.3) is 39.2 Å². The first-order valence-electron chi connectivity index (χ1n) is 12.4. The van der Waals surface area contributed by atoms with E-state index in [0.29, 0.717) is 0 Å². The van der Waals surface area contributed by atoms with Crippen LogP contribution in [0.1, 0.15) is 27.7 Å². The first-order valence-corrected chi connectivity index (χ1v) is 12.4. The molecule has 6 rings (SSSR count). The topological polar surface area (TPSA) is 36.3 Å². The lowest BCUT2D eigenvalue weighted by Gasteiger charge is -2.32. The molecular formula is C31H29BN2O2. The highest BCUT2D eigenvalue weighted by Crippen LogP contribution is 2.36. The Morgan fingerprint density at radius 3 is 1.81 bits per heavy atom. The highest BCUT2D eigenvalue weighted by atomic mass is 16.7. The van der Waals surface area contributed by atoms with Crippen molar-refractivity contribution in [3.8, 4) is 28.2 Å². The van der Waals surface area contributed by atoms with E-state index in [1.807, 2.05) is 12.1 Å². The third kappa shape index (κ3) is 3.85. The summed E-state index contributed by atoms with van der Waals surface area (Å²) in [6.07, 6.45) is 0. The second kappa shape index (κ2) is 8.47.